The van der Waals surface area contributed by atoms with Crippen LogP contribution < -0.4 is 9.47 Å². The molecule has 1 aromatic heterocycles. The SMILES string of the molecule is COC(=O)c1cc2c(Oc3ccc(N=C=S)c(Cl)c3)ccnc2cc1OC. The van der Waals surface area contributed by atoms with Crippen LogP contribution in [0.2, 0.25) is 5.02 Å². The Balaban J connectivity index is 2.08. The van der Waals surface area contributed by atoms with E-state index >= 15 is 0 Å². The summed E-state index contributed by atoms with van der Waals surface area (Å²) in [5, 5.41) is 3.27. The predicted octanol–water partition coefficient (Wildman–Crippen LogP) is 5.21. The van der Waals surface area contributed by atoms with Gasteiger partial charge in [-0.05, 0) is 36.5 Å². The lowest BCUT2D eigenvalue weighted by atomic mass is 10.1. The van der Waals surface area contributed by atoms with Crippen molar-refractivity contribution >= 4 is 51.5 Å². The summed E-state index contributed by atoms with van der Waals surface area (Å²) in [5.74, 6) is 0.833. The molecular formula is C19H13ClN2O4S. The molecule has 0 saturated carbocycles. The highest BCUT2D eigenvalue weighted by atomic mass is 35.5. The van der Waals surface area contributed by atoms with Gasteiger partial charge >= 0.3 is 5.97 Å². The number of thiocarbonyl (C=S) groups is 1. The van der Waals surface area contributed by atoms with Crippen molar-refractivity contribution in [2.75, 3.05) is 14.2 Å². The molecule has 0 bridgehead atoms. The number of esters is 1. The number of ether oxygens (including phenoxy) is 3. The maximum atomic E-state index is 12.0. The molecule has 0 radical (unpaired) electrons. The van der Waals surface area contributed by atoms with Gasteiger partial charge in [-0.3, -0.25) is 4.98 Å². The summed E-state index contributed by atoms with van der Waals surface area (Å²) in [5.41, 5.74) is 1.37. The lowest BCUT2D eigenvalue weighted by Crippen LogP contribution is -2.04. The van der Waals surface area contributed by atoms with Gasteiger partial charge in [-0.2, -0.15) is 4.99 Å². The summed E-state index contributed by atoms with van der Waals surface area (Å²) in [6, 6.07) is 9.95. The van der Waals surface area contributed by atoms with E-state index in [9.17, 15) is 4.79 Å². The number of aliphatic imine (C=N–C) groups is 1. The Morgan fingerprint density at radius 2 is 2.00 bits per heavy atom. The number of rotatable bonds is 5. The van der Waals surface area contributed by atoms with E-state index in [1.807, 2.05) is 0 Å². The van der Waals surface area contributed by atoms with Crippen molar-refractivity contribution in [1.82, 2.24) is 4.98 Å². The Morgan fingerprint density at radius 1 is 1.19 bits per heavy atom. The molecule has 0 aliphatic rings. The van der Waals surface area contributed by atoms with E-state index in [-0.39, 0.29) is 5.56 Å². The minimum Gasteiger partial charge on any atom is -0.496 e. The highest BCUT2D eigenvalue weighted by molar-refractivity contribution is 7.78. The second kappa shape index (κ2) is 8.14. The van der Waals surface area contributed by atoms with E-state index in [2.05, 4.69) is 27.4 Å². The second-order valence-corrected chi connectivity index (χ2v) is 5.88. The van der Waals surface area contributed by atoms with E-state index in [1.54, 1.807) is 42.6 Å². The fraction of sp³-hybridized carbons (Fsp3) is 0.105. The van der Waals surface area contributed by atoms with Gasteiger partial charge in [-0.1, -0.05) is 11.6 Å². The Bertz CT molecular complexity index is 1080. The molecule has 0 amide bonds. The number of fused-ring (bicyclic) bond motifs is 1. The topological polar surface area (TPSA) is 70.0 Å². The minimum absolute atomic E-state index is 0.272. The number of aromatic nitrogens is 1. The number of pyridine rings is 1. The van der Waals surface area contributed by atoms with Gasteiger partial charge in [0.2, 0.25) is 0 Å². The molecule has 3 rings (SSSR count). The van der Waals surface area contributed by atoms with Crippen molar-refractivity contribution in [1.29, 1.82) is 0 Å². The number of halogens is 1. The van der Waals surface area contributed by atoms with Crippen molar-refractivity contribution in [2.45, 2.75) is 0 Å². The van der Waals surface area contributed by atoms with Crippen LogP contribution in [-0.4, -0.2) is 30.3 Å². The lowest BCUT2D eigenvalue weighted by molar-refractivity contribution is 0.0597. The van der Waals surface area contributed by atoms with Crippen molar-refractivity contribution in [3.05, 3.63) is 53.2 Å². The monoisotopic (exact) mass is 400 g/mol. The fourth-order valence-electron chi connectivity index (χ4n) is 2.49. The summed E-state index contributed by atoms with van der Waals surface area (Å²) in [4.78, 5) is 20.2. The third kappa shape index (κ3) is 3.90. The first-order chi connectivity index (χ1) is 13.1. The summed E-state index contributed by atoms with van der Waals surface area (Å²) in [6.45, 7) is 0. The number of isothiocyanates is 1. The van der Waals surface area contributed by atoms with Crippen molar-refractivity contribution in [2.24, 2.45) is 4.99 Å². The third-order valence-corrected chi connectivity index (χ3v) is 4.14. The maximum Gasteiger partial charge on any atom is 0.341 e. The number of carbonyl (C=O) groups is 1. The van der Waals surface area contributed by atoms with Crippen LogP contribution in [0.5, 0.6) is 17.2 Å². The molecule has 0 fully saturated rings. The molecule has 0 N–H and O–H groups in total. The molecule has 8 heteroatoms. The average molecular weight is 401 g/mol. The molecule has 0 aliphatic carbocycles. The molecule has 0 spiro atoms. The van der Waals surface area contributed by atoms with E-state index in [0.29, 0.717) is 38.9 Å². The van der Waals surface area contributed by atoms with Gasteiger partial charge in [0.25, 0.3) is 0 Å². The standard InChI is InChI=1S/C19H13ClN2O4S/c1-24-18-9-16-12(8-13(18)19(23)25-2)17(5-6-21-16)26-11-3-4-15(22-10-27)14(20)7-11/h3-9H,1-2H3. The van der Waals surface area contributed by atoms with Crippen LogP contribution in [0.15, 0.2) is 47.6 Å². The van der Waals surface area contributed by atoms with Crippen molar-refractivity contribution < 1.29 is 19.0 Å². The summed E-state index contributed by atoms with van der Waals surface area (Å²) < 4.78 is 16.0. The summed E-state index contributed by atoms with van der Waals surface area (Å²) >= 11 is 10.8. The van der Waals surface area contributed by atoms with Crippen molar-refractivity contribution in [3.8, 4) is 17.2 Å². The zero-order valence-electron chi connectivity index (χ0n) is 14.4. The Kier molecular flexibility index (Phi) is 5.66. The third-order valence-electron chi connectivity index (χ3n) is 3.74. The molecule has 0 atom stereocenters. The Morgan fingerprint density at radius 3 is 2.67 bits per heavy atom. The molecule has 0 saturated heterocycles. The smallest absolute Gasteiger partial charge is 0.341 e. The van der Waals surface area contributed by atoms with Gasteiger partial charge in [-0.25, -0.2) is 4.79 Å². The van der Waals surface area contributed by atoms with Crippen LogP contribution in [0.1, 0.15) is 10.4 Å². The predicted molar refractivity (Wildman–Crippen MR) is 106 cm³/mol. The molecule has 2 aromatic carbocycles. The van der Waals surface area contributed by atoms with E-state index in [4.69, 9.17) is 25.8 Å². The average Bonchev–Trinajstić information content (AvgIpc) is 2.68. The largest absolute Gasteiger partial charge is 0.496 e. The van der Waals surface area contributed by atoms with Gasteiger partial charge in [-0.15, -0.1) is 0 Å². The molecule has 1 heterocycles. The molecule has 6 nitrogen and oxygen atoms in total. The summed E-state index contributed by atoms with van der Waals surface area (Å²) in [7, 11) is 2.78. The number of hydrogen-bond donors (Lipinski definition) is 0. The van der Waals surface area contributed by atoms with Crippen LogP contribution in [0.25, 0.3) is 10.9 Å². The normalized spacial score (nSPS) is 10.2. The second-order valence-electron chi connectivity index (χ2n) is 5.29. The number of nitrogens with zero attached hydrogens (tertiary/aromatic N) is 2. The molecule has 0 aliphatic heterocycles. The van der Waals surface area contributed by atoms with Crippen LogP contribution in [-0.2, 0) is 4.74 Å². The number of benzene rings is 2. The number of carbonyl (C=O) groups excluding carboxylic acids is 1. The zero-order valence-corrected chi connectivity index (χ0v) is 15.9. The van der Waals surface area contributed by atoms with Crippen LogP contribution >= 0.6 is 23.8 Å². The first-order valence-corrected chi connectivity index (χ1v) is 8.46. The van der Waals surface area contributed by atoms with Crippen molar-refractivity contribution in [3.63, 3.8) is 0 Å². The van der Waals surface area contributed by atoms with Gasteiger partial charge in [0.15, 0.2) is 0 Å². The van der Waals surface area contributed by atoms with E-state index in [1.165, 1.54) is 14.2 Å². The van der Waals surface area contributed by atoms with Gasteiger partial charge in [0.05, 0.1) is 35.6 Å². The maximum absolute atomic E-state index is 12.0. The Labute approximate surface area is 165 Å². The molecular weight excluding hydrogens is 388 g/mol. The van der Waals surface area contributed by atoms with Gasteiger partial charge in [0.1, 0.15) is 22.8 Å². The van der Waals surface area contributed by atoms with Gasteiger partial charge in [0, 0.05) is 23.7 Å². The first kappa shape index (κ1) is 18.8. The van der Waals surface area contributed by atoms with Crippen LogP contribution in [0.3, 0.4) is 0 Å². The molecule has 136 valence electrons. The number of hydrogen-bond acceptors (Lipinski definition) is 7. The molecule has 0 unspecified atom stereocenters. The fourth-order valence-corrected chi connectivity index (χ4v) is 2.80. The van der Waals surface area contributed by atoms with Crippen LogP contribution in [0, 0.1) is 0 Å². The van der Waals surface area contributed by atoms with Crippen LogP contribution in [0.4, 0.5) is 5.69 Å². The van der Waals surface area contributed by atoms with Gasteiger partial charge < -0.3 is 14.2 Å². The highest BCUT2D eigenvalue weighted by Crippen LogP contribution is 2.35. The highest BCUT2D eigenvalue weighted by Gasteiger charge is 2.17. The lowest BCUT2D eigenvalue weighted by Gasteiger charge is -2.12. The quantitative estimate of drug-likeness (QED) is 0.332. The first-order valence-electron chi connectivity index (χ1n) is 7.67. The molecule has 27 heavy (non-hydrogen) atoms. The number of methoxy groups -OCH3 is 2. The Hall–Kier alpha value is -2.99. The molecule has 3 aromatic rings. The minimum atomic E-state index is -0.519. The summed E-state index contributed by atoms with van der Waals surface area (Å²) in [6.07, 6.45) is 1.60. The van der Waals surface area contributed by atoms with E-state index in [0.717, 1.165) is 0 Å². The van der Waals surface area contributed by atoms with E-state index < -0.39 is 5.97 Å². The zero-order chi connectivity index (χ0) is 19.4.